The van der Waals surface area contributed by atoms with Crippen molar-refractivity contribution in [3.63, 3.8) is 0 Å². The molecule has 0 fully saturated rings. The molecule has 0 aliphatic rings. The van der Waals surface area contributed by atoms with Gasteiger partial charge >= 0.3 is 0 Å². The second-order valence-corrected chi connectivity index (χ2v) is 8.75. The van der Waals surface area contributed by atoms with Crippen LogP contribution in [0.3, 0.4) is 0 Å². The zero-order chi connectivity index (χ0) is 23.4. The van der Waals surface area contributed by atoms with Crippen LogP contribution in [0.5, 0.6) is 0 Å². The standard InChI is InChI=1S/C22H21BrClFN4O3/c1-13(2)28(10-20(31)26-9-14-4-3-5-17(24)22(14)25)21(32)11-29-19-7-6-15(23)8-16(19)18(12-30)27-29/h3-8,12-13H,9-11H2,1-2H3,(H,26,31). The Balaban J connectivity index is 1.71. The number of carbonyl (C=O) groups excluding carboxylic acids is 3. The summed E-state index contributed by atoms with van der Waals surface area (Å²) in [5.41, 5.74) is 1.11. The van der Waals surface area contributed by atoms with Gasteiger partial charge in [0.2, 0.25) is 11.8 Å². The molecule has 0 saturated heterocycles. The second-order valence-electron chi connectivity index (χ2n) is 7.43. The third kappa shape index (κ3) is 5.34. The minimum atomic E-state index is -0.588. The normalized spacial score (nSPS) is 11.1. The summed E-state index contributed by atoms with van der Waals surface area (Å²) < 4.78 is 16.2. The van der Waals surface area contributed by atoms with E-state index in [1.54, 1.807) is 38.1 Å². The fraction of sp³-hybridized carbons (Fsp3) is 0.273. The predicted octanol–water partition coefficient (Wildman–Crippen LogP) is 3.96. The molecule has 1 N–H and O–H groups in total. The molecule has 10 heteroatoms. The fourth-order valence-electron chi connectivity index (χ4n) is 3.25. The molecule has 2 aromatic carbocycles. The van der Waals surface area contributed by atoms with Crippen LogP contribution in [0.1, 0.15) is 29.9 Å². The molecule has 0 radical (unpaired) electrons. The van der Waals surface area contributed by atoms with Crippen LogP contribution in [0.2, 0.25) is 5.02 Å². The number of carbonyl (C=O) groups is 3. The van der Waals surface area contributed by atoms with Crippen LogP contribution in [0.15, 0.2) is 40.9 Å². The quantitative estimate of drug-likeness (QED) is 0.453. The highest BCUT2D eigenvalue weighted by Gasteiger charge is 2.22. The number of aromatic nitrogens is 2. The number of hydrogen-bond donors (Lipinski definition) is 1. The number of amides is 2. The minimum Gasteiger partial charge on any atom is -0.350 e. The van der Waals surface area contributed by atoms with Crippen LogP contribution in [-0.2, 0) is 22.7 Å². The molecular weight excluding hydrogens is 503 g/mol. The summed E-state index contributed by atoms with van der Waals surface area (Å²) in [6.45, 7) is 3.19. The molecule has 0 bridgehead atoms. The maximum Gasteiger partial charge on any atom is 0.245 e. The predicted molar refractivity (Wildman–Crippen MR) is 123 cm³/mol. The summed E-state index contributed by atoms with van der Waals surface area (Å²) >= 11 is 9.12. The molecule has 2 amide bonds. The largest absolute Gasteiger partial charge is 0.350 e. The monoisotopic (exact) mass is 522 g/mol. The van der Waals surface area contributed by atoms with E-state index in [0.717, 1.165) is 4.47 Å². The van der Waals surface area contributed by atoms with Crippen LogP contribution >= 0.6 is 27.5 Å². The Bertz CT molecular complexity index is 1180. The lowest BCUT2D eigenvalue weighted by Crippen LogP contribution is -2.45. The number of hydrogen-bond acceptors (Lipinski definition) is 4. The van der Waals surface area contributed by atoms with Crippen LogP contribution in [0.25, 0.3) is 10.9 Å². The van der Waals surface area contributed by atoms with Gasteiger partial charge in [-0.2, -0.15) is 5.10 Å². The van der Waals surface area contributed by atoms with Crippen molar-refractivity contribution < 1.29 is 18.8 Å². The van der Waals surface area contributed by atoms with E-state index >= 15 is 0 Å². The fourth-order valence-corrected chi connectivity index (χ4v) is 3.81. The van der Waals surface area contributed by atoms with E-state index in [-0.39, 0.29) is 47.9 Å². The summed E-state index contributed by atoms with van der Waals surface area (Å²) in [6, 6.07) is 9.60. The van der Waals surface area contributed by atoms with Crippen LogP contribution < -0.4 is 5.32 Å². The summed E-state index contributed by atoms with van der Waals surface area (Å²) in [5.74, 6) is -1.36. The third-order valence-corrected chi connectivity index (χ3v) is 5.69. The van der Waals surface area contributed by atoms with E-state index in [4.69, 9.17) is 11.6 Å². The van der Waals surface area contributed by atoms with Crippen molar-refractivity contribution in [3.05, 3.63) is 63.0 Å². The van der Waals surface area contributed by atoms with Crippen LogP contribution in [0.4, 0.5) is 4.39 Å². The molecule has 1 aromatic heterocycles. The highest BCUT2D eigenvalue weighted by molar-refractivity contribution is 9.10. The van der Waals surface area contributed by atoms with Crippen molar-refractivity contribution in [3.8, 4) is 0 Å². The lowest BCUT2D eigenvalue weighted by atomic mass is 10.2. The van der Waals surface area contributed by atoms with Crippen LogP contribution in [-0.4, -0.2) is 45.4 Å². The average molecular weight is 524 g/mol. The Labute approximate surface area is 197 Å². The van der Waals surface area contributed by atoms with E-state index in [0.29, 0.717) is 17.2 Å². The van der Waals surface area contributed by atoms with Gasteiger partial charge < -0.3 is 10.2 Å². The van der Waals surface area contributed by atoms with Gasteiger partial charge in [0.25, 0.3) is 0 Å². The minimum absolute atomic E-state index is 0.0242. The van der Waals surface area contributed by atoms with Crippen molar-refractivity contribution in [1.29, 1.82) is 0 Å². The Morgan fingerprint density at radius 1 is 1.31 bits per heavy atom. The summed E-state index contributed by atoms with van der Waals surface area (Å²) in [7, 11) is 0. The Kier molecular flexibility index (Phi) is 7.63. The Hall–Kier alpha value is -2.78. The van der Waals surface area contributed by atoms with Crippen LogP contribution in [0, 0.1) is 5.82 Å². The number of aldehydes is 1. The molecule has 0 aliphatic carbocycles. The summed E-state index contributed by atoms with van der Waals surface area (Å²) in [5, 5.41) is 7.44. The number of nitrogens with zero attached hydrogens (tertiary/aromatic N) is 3. The van der Waals surface area contributed by atoms with Crippen molar-refractivity contribution in [2.75, 3.05) is 6.54 Å². The van der Waals surface area contributed by atoms with Crippen molar-refractivity contribution >= 4 is 56.5 Å². The molecule has 0 spiro atoms. The second kappa shape index (κ2) is 10.2. The maximum absolute atomic E-state index is 14.0. The summed E-state index contributed by atoms with van der Waals surface area (Å²) in [4.78, 5) is 38.2. The molecule has 0 saturated carbocycles. The van der Waals surface area contributed by atoms with Crippen molar-refractivity contribution in [2.24, 2.45) is 0 Å². The lowest BCUT2D eigenvalue weighted by Gasteiger charge is -2.26. The number of halogens is 3. The van der Waals surface area contributed by atoms with Gasteiger partial charge in [-0.15, -0.1) is 0 Å². The van der Waals surface area contributed by atoms with E-state index in [9.17, 15) is 18.8 Å². The van der Waals surface area contributed by atoms with Crippen molar-refractivity contribution in [1.82, 2.24) is 20.0 Å². The van der Waals surface area contributed by atoms with Gasteiger partial charge in [-0.05, 0) is 38.1 Å². The molecule has 168 valence electrons. The smallest absolute Gasteiger partial charge is 0.245 e. The SMILES string of the molecule is CC(C)N(CC(=O)NCc1cccc(Cl)c1F)C(=O)Cn1nc(C=O)c2cc(Br)ccc21. The van der Waals surface area contributed by atoms with Gasteiger partial charge in [0, 0.05) is 28.0 Å². The first-order valence-corrected chi connectivity index (χ1v) is 11.0. The van der Waals surface area contributed by atoms with Gasteiger partial charge in [0.05, 0.1) is 17.1 Å². The van der Waals surface area contributed by atoms with Gasteiger partial charge in [-0.1, -0.05) is 39.7 Å². The Morgan fingerprint density at radius 2 is 2.06 bits per heavy atom. The molecule has 7 nitrogen and oxygen atoms in total. The number of fused-ring (bicyclic) bond motifs is 1. The Morgan fingerprint density at radius 3 is 2.75 bits per heavy atom. The molecular formula is C22H21BrClFN4O3. The molecule has 0 unspecified atom stereocenters. The third-order valence-electron chi connectivity index (χ3n) is 4.90. The molecule has 0 atom stereocenters. The van der Waals surface area contributed by atoms with Gasteiger partial charge in [0.15, 0.2) is 6.29 Å². The number of nitrogens with one attached hydrogen (secondary N) is 1. The molecule has 32 heavy (non-hydrogen) atoms. The van der Waals surface area contributed by atoms with E-state index < -0.39 is 11.7 Å². The van der Waals surface area contributed by atoms with E-state index in [2.05, 4.69) is 26.3 Å². The maximum atomic E-state index is 14.0. The molecule has 3 aromatic rings. The number of benzene rings is 2. The topological polar surface area (TPSA) is 84.3 Å². The molecule has 3 rings (SSSR count). The van der Waals surface area contributed by atoms with Gasteiger partial charge in [-0.25, -0.2) is 4.39 Å². The molecule has 0 aliphatic heterocycles. The zero-order valence-electron chi connectivity index (χ0n) is 17.4. The van der Waals surface area contributed by atoms with E-state index in [1.165, 1.54) is 21.7 Å². The first kappa shape index (κ1) is 23.9. The van der Waals surface area contributed by atoms with Gasteiger partial charge in [-0.3, -0.25) is 19.1 Å². The number of rotatable bonds is 8. The van der Waals surface area contributed by atoms with E-state index in [1.807, 2.05) is 0 Å². The summed E-state index contributed by atoms with van der Waals surface area (Å²) in [6.07, 6.45) is 0.637. The first-order valence-electron chi connectivity index (χ1n) is 9.81. The molecule has 1 heterocycles. The highest BCUT2D eigenvalue weighted by atomic mass is 79.9. The highest BCUT2D eigenvalue weighted by Crippen LogP contribution is 2.22. The first-order chi connectivity index (χ1) is 15.2. The van der Waals surface area contributed by atoms with Gasteiger partial charge in [0.1, 0.15) is 18.1 Å². The lowest BCUT2D eigenvalue weighted by molar-refractivity contribution is -0.138. The zero-order valence-corrected chi connectivity index (χ0v) is 19.8. The van der Waals surface area contributed by atoms with Crippen molar-refractivity contribution in [2.45, 2.75) is 33.0 Å². The average Bonchev–Trinajstić information content (AvgIpc) is 3.09.